The summed E-state index contributed by atoms with van der Waals surface area (Å²) in [7, 11) is -4.45. The van der Waals surface area contributed by atoms with Crippen LogP contribution in [0.3, 0.4) is 0 Å². The van der Waals surface area contributed by atoms with E-state index in [9.17, 15) is 13.0 Å². The largest absolute Gasteiger partial charge is 1.00 e. The molecular weight excluding hydrogens is 139 g/mol. The molecule has 0 spiro atoms. The first-order valence-corrected chi connectivity index (χ1v) is 3.58. The number of hydrogen-bond donors (Lipinski definition) is 1. The topological polar surface area (TPSA) is 77.4 Å². The van der Waals surface area contributed by atoms with Crippen molar-refractivity contribution >= 4 is 10.1 Å². The molecule has 0 saturated heterocycles. The van der Waals surface area contributed by atoms with E-state index in [-0.39, 0.29) is 25.3 Å². The van der Waals surface area contributed by atoms with Gasteiger partial charge in [-0.15, -0.1) is 0 Å². The first kappa shape index (κ1) is 12.2. The fourth-order valence-corrected chi connectivity index (χ4v) is 0.612. The Hall–Kier alpha value is 0.467. The molecule has 9 heavy (non-hydrogen) atoms. The molecule has 0 bridgehead atoms. The maximum absolute atomic E-state index is 9.76. The molecule has 0 aromatic rings. The Kier molecular flexibility index (Phi) is 5.83. The molecule has 0 fully saturated rings. The maximum Gasteiger partial charge on any atom is 1.00 e. The van der Waals surface area contributed by atoms with Crippen molar-refractivity contribution in [3.63, 3.8) is 0 Å². The second-order valence-corrected chi connectivity index (χ2v) is 2.89. The Morgan fingerprint density at radius 1 is 1.67 bits per heavy atom. The maximum atomic E-state index is 9.76. The van der Waals surface area contributed by atoms with E-state index < -0.39 is 15.6 Å². The summed E-state index contributed by atoms with van der Waals surface area (Å²) in [5.41, 5.74) is -1.73. The van der Waals surface area contributed by atoms with Crippen LogP contribution < -0.4 is 18.9 Å². The van der Waals surface area contributed by atoms with Gasteiger partial charge in [0.25, 0.3) is 0 Å². The quantitative estimate of drug-likeness (QED) is 0.321. The average Bonchev–Trinajstić information content (AvgIpc) is 1.62. The first-order chi connectivity index (χ1) is 3.48. The standard InChI is InChI=1S/C3H8O4S.Li/c1-2-3(4)8(5,6)7;/h3-4H,2H2,1H3,(H,5,6,7);/q;+1/p-1. The van der Waals surface area contributed by atoms with E-state index in [0.29, 0.717) is 0 Å². The predicted molar refractivity (Wildman–Crippen MR) is 26.0 cm³/mol. The van der Waals surface area contributed by atoms with E-state index in [1.54, 1.807) is 0 Å². The molecule has 0 heterocycles. The molecule has 0 aliphatic heterocycles. The second kappa shape index (κ2) is 4.31. The zero-order valence-electron chi connectivity index (χ0n) is 5.36. The molecule has 0 aliphatic carbocycles. The summed E-state index contributed by atoms with van der Waals surface area (Å²) in [6, 6.07) is 0. The molecule has 4 nitrogen and oxygen atoms in total. The van der Waals surface area contributed by atoms with Crippen LogP contribution in [-0.4, -0.2) is 23.5 Å². The minimum absolute atomic E-state index is 0. The van der Waals surface area contributed by atoms with Gasteiger partial charge < -0.3 is 9.66 Å². The van der Waals surface area contributed by atoms with Gasteiger partial charge in [0.2, 0.25) is 0 Å². The van der Waals surface area contributed by atoms with Crippen molar-refractivity contribution in [1.29, 1.82) is 0 Å². The number of aliphatic hydroxyl groups is 1. The van der Waals surface area contributed by atoms with Gasteiger partial charge in [0.15, 0.2) is 0 Å². The van der Waals surface area contributed by atoms with Crippen molar-refractivity contribution in [3.8, 4) is 0 Å². The summed E-state index contributed by atoms with van der Waals surface area (Å²) in [6.45, 7) is 1.42. The SMILES string of the molecule is CCC(O)S(=O)(=O)[O-].[Li+]. The Bertz CT molecular complexity index is 151. The molecule has 0 aromatic carbocycles. The molecule has 50 valence electrons. The summed E-state index contributed by atoms with van der Waals surface area (Å²) >= 11 is 0. The molecule has 0 aliphatic rings. The zero-order chi connectivity index (χ0) is 6.78. The minimum Gasteiger partial charge on any atom is -0.746 e. The average molecular weight is 146 g/mol. The molecular formula is C3H7LiO4S. The van der Waals surface area contributed by atoms with Crippen molar-refractivity contribution in [2.45, 2.75) is 18.8 Å². The smallest absolute Gasteiger partial charge is 0.746 e. The Balaban J connectivity index is 0. The third-order valence-electron chi connectivity index (χ3n) is 0.682. The van der Waals surface area contributed by atoms with Crippen molar-refractivity contribution in [2.75, 3.05) is 0 Å². The summed E-state index contributed by atoms with van der Waals surface area (Å²) in [6.07, 6.45) is -0.0498. The first-order valence-electron chi connectivity index (χ1n) is 2.11. The second-order valence-electron chi connectivity index (χ2n) is 1.36. The zero-order valence-corrected chi connectivity index (χ0v) is 6.18. The van der Waals surface area contributed by atoms with Gasteiger partial charge in [-0.2, -0.15) is 0 Å². The van der Waals surface area contributed by atoms with Gasteiger partial charge in [0.1, 0.15) is 15.6 Å². The molecule has 1 unspecified atom stereocenters. The van der Waals surface area contributed by atoms with Gasteiger partial charge in [-0.05, 0) is 6.42 Å². The summed E-state index contributed by atoms with van der Waals surface area (Å²) in [5.74, 6) is 0. The van der Waals surface area contributed by atoms with Crippen LogP contribution in [0.1, 0.15) is 13.3 Å². The van der Waals surface area contributed by atoms with Crippen LogP contribution in [0.4, 0.5) is 0 Å². The van der Waals surface area contributed by atoms with E-state index in [0.717, 1.165) is 0 Å². The normalized spacial score (nSPS) is 14.1. The fraction of sp³-hybridized carbons (Fsp3) is 1.00. The monoisotopic (exact) mass is 146 g/mol. The number of aliphatic hydroxyl groups excluding tert-OH is 1. The Morgan fingerprint density at radius 3 is 2.00 bits per heavy atom. The van der Waals surface area contributed by atoms with Crippen LogP contribution in [0, 0.1) is 0 Å². The third-order valence-corrected chi connectivity index (χ3v) is 1.68. The van der Waals surface area contributed by atoms with E-state index >= 15 is 0 Å². The van der Waals surface area contributed by atoms with Crippen LogP contribution in [0.5, 0.6) is 0 Å². The van der Waals surface area contributed by atoms with E-state index in [1.807, 2.05) is 0 Å². The molecule has 1 N–H and O–H groups in total. The van der Waals surface area contributed by atoms with Crippen molar-refractivity contribution < 1.29 is 36.9 Å². The van der Waals surface area contributed by atoms with Crippen molar-refractivity contribution in [1.82, 2.24) is 0 Å². The van der Waals surface area contributed by atoms with Gasteiger partial charge in [0, 0.05) is 0 Å². The summed E-state index contributed by atoms with van der Waals surface area (Å²) in [5, 5.41) is 8.29. The van der Waals surface area contributed by atoms with Crippen LogP contribution in [0.15, 0.2) is 0 Å². The van der Waals surface area contributed by atoms with Gasteiger partial charge in [0.05, 0.1) is 0 Å². The van der Waals surface area contributed by atoms with E-state index in [1.165, 1.54) is 6.92 Å². The van der Waals surface area contributed by atoms with Crippen molar-refractivity contribution in [2.24, 2.45) is 0 Å². The molecule has 0 amide bonds. The van der Waals surface area contributed by atoms with E-state index in [2.05, 4.69) is 0 Å². The minimum atomic E-state index is -4.45. The Morgan fingerprint density at radius 2 is 2.00 bits per heavy atom. The molecule has 6 heteroatoms. The third kappa shape index (κ3) is 4.94. The van der Waals surface area contributed by atoms with Gasteiger partial charge >= 0.3 is 18.9 Å². The predicted octanol–water partition coefficient (Wildman–Crippen LogP) is -3.74. The molecule has 1 atom stereocenters. The Labute approximate surface area is 66.2 Å². The van der Waals surface area contributed by atoms with Crippen LogP contribution in [-0.2, 0) is 10.1 Å². The molecule has 0 saturated carbocycles. The van der Waals surface area contributed by atoms with Crippen LogP contribution in [0.2, 0.25) is 0 Å². The number of hydrogen-bond acceptors (Lipinski definition) is 4. The van der Waals surface area contributed by atoms with Gasteiger partial charge in [-0.1, -0.05) is 6.92 Å². The molecule has 0 rings (SSSR count). The summed E-state index contributed by atoms with van der Waals surface area (Å²) < 4.78 is 29.3. The van der Waals surface area contributed by atoms with Crippen LogP contribution in [0.25, 0.3) is 0 Å². The molecule has 0 radical (unpaired) electrons. The van der Waals surface area contributed by atoms with Crippen LogP contribution >= 0.6 is 0 Å². The fourth-order valence-electron chi connectivity index (χ4n) is 0.204. The molecule has 0 aromatic heterocycles. The van der Waals surface area contributed by atoms with Gasteiger partial charge in [-0.25, -0.2) is 8.42 Å². The van der Waals surface area contributed by atoms with Crippen molar-refractivity contribution in [3.05, 3.63) is 0 Å². The summed E-state index contributed by atoms with van der Waals surface area (Å²) in [4.78, 5) is 0. The van der Waals surface area contributed by atoms with E-state index in [4.69, 9.17) is 5.11 Å². The van der Waals surface area contributed by atoms with Gasteiger partial charge in [-0.3, -0.25) is 0 Å². The number of rotatable bonds is 2.